The van der Waals surface area contributed by atoms with E-state index >= 15 is 0 Å². The first-order valence-electron chi connectivity index (χ1n) is 6.62. The molecule has 100 valence electrons. The Hall–Kier alpha value is -0.240. The molecule has 1 aromatic rings. The first-order chi connectivity index (χ1) is 8.44. The Balaban J connectivity index is 2.00. The van der Waals surface area contributed by atoms with E-state index in [-0.39, 0.29) is 0 Å². The average Bonchev–Trinajstić information content (AvgIpc) is 2.90. The topological polar surface area (TPSA) is 12.0 Å². The van der Waals surface area contributed by atoms with Crippen LogP contribution in [0.1, 0.15) is 45.2 Å². The highest BCUT2D eigenvalue weighted by atomic mass is 35.5. The van der Waals surface area contributed by atoms with Crippen molar-refractivity contribution in [3.63, 3.8) is 0 Å². The molecule has 0 amide bonds. The van der Waals surface area contributed by atoms with Crippen LogP contribution in [0.4, 0.5) is 0 Å². The van der Waals surface area contributed by atoms with Crippen molar-refractivity contribution in [2.24, 2.45) is 11.3 Å². The summed E-state index contributed by atoms with van der Waals surface area (Å²) in [7, 11) is 0. The zero-order valence-electron chi connectivity index (χ0n) is 11.3. The van der Waals surface area contributed by atoms with E-state index in [2.05, 4.69) is 26.1 Å². The first kappa shape index (κ1) is 14.2. The van der Waals surface area contributed by atoms with Crippen molar-refractivity contribution in [1.82, 2.24) is 5.32 Å². The first-order valence-corrected chi connectivity index (χ1v) is 7.38. The highest BCUT2D eigenvalue weighted by Crippen LogP contribution is 2.51. The summed E-state index contributed by atoms with van der Waals surface area (Å²) < 4.78 is 0. The van der Waals surface area contributed by atoms with Crippen molar-refractivity contribution in [2.75, 3.05) is 6.54 Å². The Morgan fingerprint density at radius 2 is 2.06 bits per heavy atom. The minimum absolute atomic E-state index is 0.325. The van der Waals surface area contributed by atoms with Gasteiger partial charge >= 0.3 is 0 Å². The van der Waals surface area contributed by atoms with Gasteiger partial charge in [-0.15, -0.1) is 0 Å². The molecule has 0 heterocycles. The van der Waals surface area contributed by atoms with Gasteiger partial charge in [0.05, 0.1) is 0 Å². The average molecular weight is 286 g/mol. The van der Waals surface area contributed by atoms with Crippen molar-refractivity contribution in [1.29, 1.82) is 0 Å². The van der Waals surface area contributed by atoms with Crippen LogP contribution in [-0.4, -0.2) is 6.54 Å². The van der Waals surface area contributed by atoms with Gasteiger partial charge in [0, 0.05) is 16.1 Å². The van der Waals surface area contributed by atoms with Crippen LogP contribution in [0.5, 0.6) is 0 Å². The molecule has 0 aliphatic heterocycles. The molecular weight excluding hydrogens is 265 g/mol. The fraction of sp³-hybridized carbons (Fsp3) is 0.600. The van der Waals surface area contributed by atoms with Crippen LogP contribution in [0.15, 0.2) is 18.2 Å². The second-order valence-corrected chi connectivity index (χ2v) is 6.77. The van der Waals surface area contributed by atoms with Crippen molar-refractivity contribution in [3.05, 3.63) is 33.8 Å². The molecule has 0 radical (unpaired) electrons. The Morgan fingerprint density at radius 1 is 1.39 bits per heavy atom. The summed E-state index contributed by atoms with van der Waals surface area (Å²) in [5, 5.41) is 5.09. The molecule has 2 atom stereocenters. The molecule has 1 aliphatic rings. The zero-order valence-corrected chi connectivity index (χ0v) is 12.8. The third-order valence-electron chi connectivity index (χ3n) is 4.07. The molecule has 2 unspecified atom stereocenters. The van der Waals surface area contributed by atoms with Gasteiger partial charge in [0.2, 0.25) is 0 Å². The number of halogens is 2. The van der Waals surface area contributed by atoms with Crippen molar-refractivity contribution in [3.8, 4) is 0 Å². The molecule has 1 nitrogen and oxygen atoms in total. The SMILES string of the molecule is CCC(NCC1CC1(C)C)c1ccc(Cl)cc1Cl. The standard InChI is InChI=1S/C15H21Cl2N/c1-4-14(18-9-10-8-15(10,2)3)12-6-5-11(16)7-13(12)17/h5-7,10,14,18H,4,8-9H2,1-3H3. The maximum absolute atomic E-state index is 6.27. The largest absolute Gasteiger partial charge is 0.310 e. The van der Waals surface area contributed by atoms with Crippen molar-refractivity contribution >= 4 is 23.2 Å². The second kappa shape index (κ2) is 5.40. The van der Waals surface area contributed by atoms with Crippen molar-refractivity contribution in [2.45, 2.75) is 39.7 Å². The van der Waals surface area contributed by atoms with Gasteiger partial charge in [-0.05, 0) is 48.4 Å². The summed E-state index contributed by atoms with van der Waals surface area (Å²) in [5.41, 5.74) is 1.68. The highest BCUT2D eigenvalue weighted by Gasteiger charge is 2.45. The smallest absolute Gasteiger partial charge is 0.0468 e. The lowest BCUT2D eigenvalue weighted by molar-refractivity contribution is 0.460. The van der Waals surface area contributed by atoms with E-state index in [1.54, 1.807) is 0 Å². The number of hydrogen-bond donors (Lipinski definition) is 1. The summed E-state index contributed by atoms with van der Waals surface area (Å²) in [6, 6.07) is 6.09. The lowest BCUT2D eigenvalue weighted by Gasteiger charge is -2.19. The summed E-state index contributed by atoms with van der Waals surface area (Å²) in [4.78, 5) is 0. The summed E-state index contributed by atoms with van der Waals surface area (Å²) in [6.45, 7) is 7.91. The van der Waals surface area contributed by atoms with Crippen LogP contribution >= 0.6 is 23.2 Å². The maximum atomic E-state index is 6.27. The van der Waals surface area contributed by atoms with Crippen LogP contribution in [0.3, 0.4) is 0 Å². The molecule has 0 spiro atoms. The van der Waals surface area contributed by atoms with Gasteiger partial charge in [-0.1, -0.05) is 50.0 Å². The number of hydrogen-bond acceptors (Lipinski definition) is 1. The van der Waals surface area contributed by atoms with Gasteiger partial charge in [0.25, 0.3) is 0 Å². The van der Waals surface area contributed by atoms with Gasteiger partial charge in [-0.2, -0.15) is 0 Å². The van der Waals surface area contributed by atoms with Gasteiger partial charge in [0.1, 0.15) is 0 Å². The minimum Gasteiger partial charge on any atom is -0.310 e. The Kier molecular flexibility index (Phi) is 4.25. The van der Waals surface area contributed by atoms with E-state index in [0.29, 0.717) is 16.5 Å². The van der Waals surface area contributed by atoms with E-state index in [4.69, 9.17) is 23.2 Å². The number of nitrogens with one attached hydrogen (secondary N) is 1. The Labute approximate surface area is 120 Å². The number of rotatable bonds is 5. The third-order valence-corrected chi connectivity index (χ3v) is 4.64. The highest BCUT2D eigenvalue weighted by molar-refractivity contribution is 6.35. The molecule has 1 aromatic carbocycles. The molecule has 1 saturated carbocycles. The van der Waals surface area contributed by atoms with Gasteiger partial charge in [-0.3, -0.25) is 0 Å². The van der Waals surface area contributed by atoms with E-state index in [9.17, 15) is 0 Å². The lowest BCUT2D eigenvalue weighted by Crippen LogP contribution is -2.24. The normalized spacial score (nSPS) is 22.8. The Bertz CT molecular complexity index is 429. The molecular formula is C15H21Cl2N. The molecule has 2 rings (SSSR count). The Morgan fingerprint density at radius 3 is 2.56 bits per heavy atom. The van der Waals surface area contributed by atoms with Gasteiger partial charge in [-0.25, -0.2) is 0 Å². The summed E-state index contributed by atoms with van der Waals surface area (Å²) in [6.07, 6.45) is 2.36. The van der Waals surface area contributed by atoms with Crippen LogP contribution in [-0.2, 0) is 0 Å². The van der Waals surface area contributed by atoms with E-state index in [1.165, 1.54) is 6.42 Å². The van der Waals surface area contributed by atoms with Gasteiger partial charge < -0.3 is 5.32 Å². The zero-order chi connectivity index (χ0) is 13.3. The minimum atomic E-state index is 0.325. The predicted molar refractivity (Wildman–Crippen MR) is 79.4 cm³/mol. The van der Waals surface area contributed by atoms with Crippen LogP contribution in [0.25, 0.3) is 0 Å². The quantitative estimate of drug-likeness (QED) is 0.796. The van der Waals surface area contributed by atoms with E-state index in [0.717, 1.165) is 29.5 Å². The monoisotopic (exact) mass is 285 g/mol. The molecule has 3 heteroatoms. The van der Waals surface area contributed by atoms with E-state index < -0.39 is 0 Å². The fourth-order valence-electron chi connectivity index (χ4n) is 2.47. The number of benzene rings is 1. The van der Waals surface area contributed by atoms with Crippen LogP contribution < -0.4 is 5.32 Å². The molecule has 1 N–H and O–H groups in total. The fourth-order valence-corrected chi connectivity index (χ4v) is 3.01. The second-order valence-electron chi connectivity index (χ2n) is 5.92. The molecule has 0 aromatic heterocycles. The van der Waals surface area contributed by atoms with E-state index in [1.807, 2.05) is 18.2 Å². The van der Waals surface area contributed by atoms with Crippen LogP contribution in [0.2, 0.25) is 10.0 Å². The third kappa shape index (κ3) is 3.20. The lowest BCUT2D eigenvalue weighted by atomic mass is 10.0. The molecule has 1 fully saturated rings. The van der Waals surface area contributed by atoms with Gasteiger partial charge in [0.15, 0.2) is 0 Å². The van der Waals surface area contributed by atoms with Crippen LogP contribution in [0, 0.1) is 11.3 Å². The summed E-state index contributed by atoms with van der Waals surface area (Å²) in [5.74, 6) is 0.803. The maximum Gasteiger partial charge on any atom is 0.0468 e. The van der Waals surface area contributed by atoms with Crippen molar-refractivity contribution < 1.29 is 0 Å². The predicted octanol–water partition coefficient (Wildman–Crippen LogP) is 5.08. The molecule has 0 saturated heterocycles. The molecule has 0 bridgehead atoms. The summed E-state index contributed by atoms with van der Waals surface area (Å²) >= 11 is 12.2. The molecule has 1 aliphatic carbocycles. The molecule has 18 heavy (non-hydrogen) atoms.